The van der Waals surface area contributed by atoms with E-state index in [2.05, 4.69) is 37.4 Å². The van der Waals surface area contributed by atoms with E-state index in [1.54, 1.807) is 11.8 Å². The summed E-state index contributed by atoms with van der Waals surface area (Å²) in [7, 11) is 1.43. The van der Waals surface area contributed by atoms with Gasteiger partial charge in [0.15, 0.2) is 0 Å². The van der Waals surface area contributed by atoms with E-state index in [1.165, 1.54) is 23.1 Å². The summed E-state index contributed by atoms with van der Waals surface area (Å²) < 4.78 is 4.94. The van der Waals surface area contributed by atoms with Gasteiger partial charge in [0.25, 0.3) is 0 Å². The smallest absolute Gasteiger partial charge is 0.326 e. The summed E-state index contributed by atoms with van der Waals surface area (Å²) in [6.45, 7) is 10.1. The highest BCUT2D eigenvalue weighted by atomic mass is 32.2. The Balaban J connectivity index is 2.83. The predicted octanol–water partition coefficient (Wildman–Crippen LogP) is 3.33. The van der Waals surface area contributed by atoms with Crippen LogP contribution in [0.25, 0.3) is 0 Å². The summed E-state index contributed by atoms with van der Waals surface area (Å²) in [6.07, 6.45) is 0. The second-order valence-electron chi connectivity index (χ2n) is 5.68. The molecule has 0 aliphatic rings. The van der Waals surface area contributed by atoms with Crippen molar-refractivity contribution in [3.8, 4) is 0 Å². The largest absolute Gasteiger partial charge is 0.468 e. The number of aryl methyl sites for hydroxylation is 2. The van der Waals surface area contributed by atoms with Gasteiger partial charge < -0.3 is 4.74 Å². The maximum Gasteiger partial charge on any atom is 0.326 e. The normalized spacial score (nSPS) is 14.2. The fourth-order valence-electron chi connectivity index (χ4n) is 2.21. The first-order chi connectivity index (χ1) is 9.28. The summed E-state index contributed by atoms with van der Waals surface area (Å²) in [5.74, 6) is 0.422. The fraction of sp³-hybridized carbons (Fsp3) is 0.562. The molecule has 112 valence electrons. The van der Waals surface area contributed by atoms with Crippen LogP contribution in [-0.2, 0) is 9.53 Å². The first-order valence-corrected chi connectivity index (χ1v) is 7.83. The van der Waals surface area contributed by atoms with E-state index in [1.807, 2.05) is 20.8 Å². The lowest BCUT2D eigenvalue weighted by molar-refractivity contribution is -0.147. The molecule has 4 heteroatoms. The average molecular weight is 295 g/mol. The lowest BCUT2D eigenvalue weighted by Crippen LogP contribution is -2.54. The number of esters is 1. The van der Waals surface area contributed by atoms with E-state index in [9.17, 15) is 4.79 Å². The molecular weight excluding hydrogens is 270 g/mol. The summed E-state index contributed by atoms with van der Waals surface area (Å²) >= 11 is 1.69. The number of rotatable bonds is 6. The van der Waals surface area contributed by atoms with Crippen LogP contribution in [0.1, 0.15) is 31.9 Å². The summed E-state index contributed by atoms with van der Waals surface area (Å²) in [5, 5.41) is 3.31. The Morgan fingerprint density at radius 1 is 1.40 bits per heavy atom. The van der Waals surface area contributed by atoms with Crippen molar-refractivity contribution in [3.05, 3.63) is 29.3 Å². The molecule has 0 bridgehead atoms. The van der Waals surface area contributed by atoms with Crippen LogP contribution in [0.3, 0.4) is 0 Å². The monoisotopic (exact) mass is 295 g/mol. The summed E-state index contributed by atoms with van der Waals surface area (Å²) in [6, 6.07) is 6.59. The molecule has 1 aromatic rings. The third-order valence-electron chi connectivity index (χ3n) is 3.09. The minimum Gasteiger partial charge on any atom is -0.468 e. The molecular formula is C16H25NO2S. The van der Waals surface area contributed by atoms with E-state index >= 15 is 0 Å². The Bertz CT molecular complexity index is 474. The molecule has 0 radical (unpaired) electrons. The predicted molar refractivity (Wildman–Crippen MR) is 85.3 cm³/mol. The van der Waals surface area contributed by atoms with E-state index in [4.69, 9.17) is 4.74 Å². The number of carbonyl (C=O) groups is 1. The van der Waals surface area contributed by atoms with Crippen LogP contribution in [-0.4, -0.2) is 30.4 Å². The maximum atomic E-state index is 12.0. The van der Waals surface area contributed by atoms with Gasteiger partial charge in [0.05, 0.1) is 7.11 Å². The van der Waals surface area contributed by atoms with Crippen molar-refractivity contribution in [3.63, 3.8) is 0 Å². The van der Waals surface area contributed by atoms with Crippen molar-refractivity contribution in [2.24, 2.45) is 0 Å². The molecule has 20 heavy (non-hydrogen) atoms. The molecule has 0 amide bonds. The van der Waals surface area contributed by atoms with Crippen LogP contribution in [0, 0.1) is 13.8 Å². The zero-order valence-electron chi connectivity index (χ0n) is 13.2. The third-order valence-corrected chi connectivity index (χ3v) is 4.58. The minimum absolute atomic E-state index is 0.219. The molecule has 1 rings (SSSR count). The topological polar surface area (TPSA) is 38.3 Å². The van der Waals surface area contributed by atoms with Crippen LogP contribution < -0.4 is 5.32 Å². The molecule has 0 heterocycles. The number of methoxy groups -OCH3 is 1. The minimum atomic E-state index is -0.676. The highest BCUT2D eigenvalue weighted by molar-refractivity contribution is 7.99. The molecule has 0 spiro atoms. The van der Waals surface area contributed by atoms with Gasteiger partial charge >= 0.3 is 5.97 Å². The molecule has 1 N–H and O–H groups in total. The summed E-state index contributed by atoms with van der Waals surface area (Å²) in [5.41, 5.74) is 1.82. The van der Waals surface area contributed by atoms with Gasteiger partial charge in [-0.3, -0.25) is 10.1 Å². The number of hydrogen-bond acceptors (Lipinski definition) is 4. The van der Waals surface area contributed by atoms with Gasteiger partial charge in [0, 0.05) is 16.7 Å². The lowest BCUT2D eigenvalue weighted by atomic mass is 10.0. The van der Waals surface area contributed by atoms with Crippen LogP contribution >= 0.6 is 11.8 Å². The number of ether oxygens (including phenoxy) is 1. The Hall–Kier alpha value is -1.00. The zero-order chi connectivity index (χ0) is 15.3. The number of benzene rings is 1. The quantitative estimate of drug-likeness (QED) is 0.645. The van der Waals surface area contributed by atoms with Gasteiger partial charge in [-0.1, -0.05) is 17.7 Å². The number of nitrogens with one attached hydrogen (secondary N) is 1. The van der Waals surface area contributed by atoms with Crippen LogP contribution in [0.4, 0.5) is 0 Å². The molecule has 3 nitrogen and oxygen atoms in total. The van der Waals surface area contributed by atoms with Crippen LogP contribution in [0.15, 0.2) is 23.1 Å². The fourth-order valence-corrected chi connectivity index (χ4v) is 3.30. The van der Waals surface area contributed by atoms with Gasteiger partial charge in [0.2, 0.25) is 0 Å². The van der Waals surface area contributed by atoms with Crippen molar-refractivity contribution >= 4 is 17.7 Å². The number of carbonyl (C=O) groups excluding carboxylic acids is 1. The van der Waals surface area contributed by atoms with Crippen molar-refractivity contribution in [1.82, 2.24) is 5.32 Å². The van der Waals surface area contributed by atoms with Gasteiger partial charge in [-0.2, -0.15) is 0 Å². The standard InChI is InChI=1S/C16H25NO2S/c1-11(2)17-16(5,15(18)19-6)10-20-14-8-7-12(3)9-13(14)4/h7-9,11,17H,10H2,1-6H3. The lowest BCUT2D eigenvalue weighted by Gasteiger charge is -2.30. The van der Waals surface area contributed by atoms with E-state index in [-0.39, 0.29) is 12.0 Å². The maximum absolute atomic E-state index is 12.0. The first-order valence-electron chi connectivity index (χ1n) is 6.84. The molecule has 0 aliphatic heterocycles. The summed E-state index contributed by atoms with van der Waals surface area (Å²) in [4.78, 5) is 13.2. The molecule has 1 atom stereocenters. The van der Waals surface area contributed by atoms with Crippen LogP contribution in [0.2, 0.25) is 0 Å². The van der Waals surface area contributed by atoms with Gasteiger partial charge in [-0.15, -0.1) is 11.8 Å². The third kappa shape index (κ3) is 4.53. The molecule has 1 aromatic carbocycles. The Kier molecular flexibility index (Phi) is 6.08. The van der Waals surface area contributed by atoms with E-state index in [0.717, 1.165) is 0 Å². The molecule has 0 fully saturated rings. The second-order valence-corrected chi connectivity index (χ2v) is 6.70. The van der Waals surface area contributed by atoms with Crippen molar-refractivity contribution < 1.29 is 9.53 Å². The Morgan fingerprint density at radius 3 is 2.55 bits per heavy atom. The Labute approximate surface area is 126 Å². The molecule has 0 aliphatic carbocycles. The van der Waals surface area contributed by atoms with Crippen molar-refractivity contribution in [1.29, 1.82) is 0 Å². The number of hydrogen-bond donors (Lipinski definition) is 1. The number of thioether (sulfide) groups is 1. The molecule has 1 unspecified atom stereocenters. The average Bonchev–Trinajstić information content (AvgIpc) is 2.35. The van der Waals surface area contributed by atoms with Crippen molar-refractivity contribution in [2.75, 3.05) is 12.9 Å². The SMILES string of the molecule is COC(=O)C(C)(CSc1ccc(C)cc1C)NC(C)C. The molecule has 0 aromatic heterocycles. The Morgan fingerprint density at radius 2 is 2.05 bits per heavy atom. The highest BCUT2D eigenvalue weighted by Crippen LogP contribution is 2.27. The van der Waals surface area contributed by atoms with Crippen LogP contribution in [0.5, 0.6) is 0 Å². The highest BCUT2D eigenvalue weighted by Gasteiger charge is 2.34. The van der Waals surface area contributed by atoms with Gasteiger partial charge in [-0.05, 0) is 46.2 Å². The van der Waals surface area contributed by atoms with Gasteiger partial charge in [0.1, 0.15) is 5.54 Å². The second kappa shape index (κ2) is 7.14. The van der Waals surface area contributed by atoms with Gasteiger partial charge in [-0.25, -0.2) is 0 Å². The van der Waals surface area contributed by atoms with Crippen molar-refractivity contribution in [2.45, 2.75) is 51.1 Å². The first kappa shape index (κ1) is 17.1. The van der Waals surface area contributed by atoms with E-state index < -0.39 is 5.54 Å². The van der Waals surface area contributed by atoms with E-state index in [0.29, 0.717) is 5.75 Å². The molecule has 0 saturated heterocycles. The molecule has 0 saturated carbocycles. The zero-order valence-corrected chi connectivity index (χ0v) is 14.1.